The maximum atomic E-state index is 9.20. The van der Waals surface area contributed by atoms with Crippen molar-refractivity contribution in [2.45, 2.75) is 18.6 Å². The van der Waals surface area contributed by atoms with Crippen LogP contribution in [0.25, 0.3) is 0 Å². The van der Waals surface area contributed by atoms with Crippen LogP contribution in [-0.2, 0) is 9.47 Å². The molecule has 1 aromatic carbocycles. The molecule has 0 aromatic heterocycles. The molecule has 3 rings (SSSR count). The minimum absolute atomic E-state index is 0.366. The molecule has 0 aliphatic carbocycles. The van der Waals surface area contributed by atoms with Crippen LogP contribution in [0.4, 0.5) is 5.69 Å². The molecule has 0 saturated carbocycles. The molecule has 0 unspecified atom stereocenters. The molecule has 0 radical (unpaired) electrons. The van der Waals surface area contributed by atoms with E-state index < -0.39 is 0 Å². The average Bonchev–Trinajstić information content (AvgIpc) is 2.88. The third-order valence-electron chi connectivity index (χ3n) is 3.76. The molecular weight excluding hydrogens is 308 g/mol. The highest BCUT2D eigenvalue weighted by molar-refractivity contribution is 9.10. The second kappa shape index (κ2) is 5.12. The van der Waals surface area contributed by atoms with Gasteiger partial charge in [-0.25, -0.2) is 0 Å². The number of nitrogens with zero attached hydrogens (tertiary/aromatic N) is 2. The number of ether oxygens (including phenoxy) is 2. The Bertz CT molecular complexity index is 511. The van der Waals surface area contributed by atoms with Gasteiger partial charge < -0.3 is 14.4 Å². The molecular formula is C14H15BrN2O2. The summed E-state index contributed by atoms with van der Waals surface area (Å²) in [6.45, 7) is 3.09. The maximum Gasteiger partial charge on any atom is 0.171 e. The smallest absolute Gasteiger partial charge is 0.171 e. The molecule has 0 N–H and O–H groups in total. The van der Waals surface area contributed by atoms with E-state index in [9.17, 15) is 5.26 Å². The largest absolute Gasteiger partial charge is 0.370 e. The van der Waals surface area contributed by atoms with Gasteiger partial charge in [0, 0.05) is 30.4 Å². The molecule has 4 nitrogen and oxygen atoms in total. The molecule has 1 aromatic rings. The van der Waals surface area contributed by atoms with E-state index in [0.717, 1.165) is 36.1 Å². The van der Waals surface area contributed by atoms with E-state index in [-0.39, 0.29) is 5.79 Å². The van der Waals surface area contributed by atoms with Gasteiger partial charge >= 0.3 is 0 Å². The van der Waals surface area contributed by atoms with Crippen LogP contribution in [0.2, 0.25) is 0 Å². The predicted molar refractivity (Wildman–Crippen MR) is 74.9 cm³/mol. The van der Waals surface area contributed by atoms with Crippen LogP contribution in [0.15, 0.2) is 22.7 Å². The number of benzene rings is 1. The van der Waals surface area contributed by atoms with Gasteiger partial charge in [-0.1, -0.05) is 15.9 Å². The van der Waals surface area contributed by atoms with E-state index in [1.54, 1.807) is 0 Å². The van der Waals surface area contributed by atoms with Crippen molar-refractivity contribution < 1.29 is 9.47 Å². The Labute approximate surface area is 121 Å². The molecule has 0 bridgehead atoms. The highest BCUT2D eigenvalue weighted by atomic mass is 79.9. The van der Waals surface area contributed by atoms with Crippen LogP contribution in [-0.4, -0.2) is 32.1 Å². The Balaban J connectivity index is 1.78. The first kappa shape index (κ1) is 12.9. The van der Waals surface area contributed by atoms with E-state index >= 15 is 0 Å². The lowest BCUT2D eigenvalue weighted by atomic mass is 10.0. The Morgan fingerprint density at radius 3 is 2.53 bits per heavy atom. The van der Waals surface area contributed by atoms with Crippen molar-refractivity contribution >= 4 is 21.6 Å². The van der Waals surface area contributed by atoms with Crippen LogP contribution in [0, 0.1) is 11.3 Å². The third-order valence-corrected chi connectivity index (χ3v) is 4.25. The van der Waals surface area contributed by atoms with Gasteiger partial charge in [-0.15, -0.1) is 0 Å². The minimum Gasteiger partial charge on any atom is -0.370 e. The maximum absolute atomic E-state index is 9.20. The summed E-state index contributed by atoms with van der Waals surface area (Å²) in [4.78, 5) is 2.24. The first-order chi connectivity index (χ1) is 9.22. The van der Waals surface area contributed by atoms with Crippen molar-refractivity contribution in [2.75, 3.05) is 31.2 Å². The fraction of sp³-hybridized carbons (Fsp3) is 0.500. The summed E-state index contributed by atoms with van der Waals surface area (Å²) in [5.41, 5.74) is 1.71. The van der Waals surface area contributed by atoms with Gasteiger partial charge in [0.05, 0.1) is 24.5 Å². The second-order valence-electron chi connectivity index (χ2n) is 4.87. The van der Waals surface area contributed by atoms with Crippen LogP contribution < -0.4 is 4.90 Å². The van der Waals surface area contributed by atoms with Gasteiger partial charge in [-0.3, -0.25) is 0 Å². The van der Waals surface area contributed by atoms with Gasteiger partial charge in [0.25, 0.3) is 0 Å². The molecule has 2 aliphatic rings. The molecule has 2 fully saturated rings. The van der Waals surface area contributed by atoms with Crippen LogP contribution in [0.1, 0.15) is 18.4 Å². The first-order valence-corrected chi connectivity index (χ1v) is 7.24. The summed E-state index contributed by atoms with van der Waals surface area (Å²) in [6.07, 6.45) is 1.70. The van der Waals surface area contributed by atoms with Crippen molar-refractivity contribution in [1.29, 1.82) is 5.26 Å². The molecule has 0 atom stereocenters. The average molecular weight is 323 g/mol. The fourth-order valence-corrected chi connectivity index (χ4v) is 3.08. The summed E-state index contributed by atoms with van der Waals surface area (Å²) >= 11 is 3.47. The molecule has 100 valence electrons. The molecule has 1 spiro atoms. The minimum atomic E-state index is -0.366. The lowest BCUT2D eigenvalue weighted by molar-refractivity contribution is -0.169. The standard InChI is InChI=1S/C14H15BrN2O2/c15-12-2-1-11(10-16)13(9-12)17-5-3-14(4-6-17)18-7-8-19-14/h1-2,9H,3-8H2. The molecule has 2 heterocycles. The zero-order valence-corrected chi connectivity index (χ0v) is 12.1. The van der Waals surface area contributed by atoms with E-state index in [4.69, 9.17) is 9.47 Å². The van der Waals surface area contributed by atoms with Crippen LogP contribution >= 0.6 is 15.9 Å². The molecule has 0 amide bonds. The highest BCUT2D eigenvalue weighted by Gasteiger charge is 2.40. The predicted octanol–water partition coefficient (Wildman–Crippen LogP) is 2.66. The molecule has 19 heavy (non-hydrogen) atoms. The summed E-state index contributed by atoms with van der Waals surface area (Å²) in [6, 6.07) is 8.02. The fourth-order valence-electron chi connectivity index (χ4n) is 2.73. The van der Waals surface area contributed by atoms with Gasteiger partial charge in [-0.2, -0.15) is 5.26 Å². The Kier molecular flexibility index (Phi) is 3.48. The number of anilines is 1. The van der Waals surface area contributed by atoms with Gasteiger partial charge in [0.1, 0.15) is 6.07 Å². The number of hydrogen-bond acceptors (Lipinski definition) is 4. The van der Waals surface area contributed by atoms with Gasteiger partial charge in [0.2, 0.25) is 0 Å². The van der Waals surface area contributed by atoms with E-state index in [0.29, 0.717) is 18.8 Å². The lowest BCUT2D eigenvalue weighted by Gasteiger charge is -2.39. The molecule has 2 saturated heterocycles. The topological polar surface area (TPSA) is 45.5 Å². The second-order valence-corrected chi connectivity index (χ2v) is 5.78. The van der Waals surface area contributed by atoms with Crippen molar-refractivity contribution in [3.8, 4) is 6.07 Å². The Morgan fingerprint density at radius 1 is 1.21 bits per heavy atom. The third kappa shape index (κ3) is 2.48. The first-order valence-electron chi connectivity index (χ1n) is 6.45. The summed E-state index contributed by atoms with van der Waals surface area (Å²) in [7, 11) is 0. The summed E-state index contributed by atoms with van der Waals surface area (Å²) in [5.74, 6) is -0.366. The van der Waals surface area contributed by atoms with E-state index in [2.05, 4.69) is 26.9 Å². The van der Waals surface area contributed by atoms with Crippen molar-refractivity contribution in [1.82, 2.24) is 0 Å². The Hall–Kier alpha value is -1.09. The lowest BCUT2D eigenvalue weighted by Crippen LogP contribution is -2.45. The van der Waals surface area contributed by atoms with Crippen LogP contribution in [0.5, 0.6) is 0 Å². The molecule has 5 heteroatoms. The zero-order chi connectivity index (χ0) is 13.3. The van der Waals surface area contributed by atoms with Crippen molar-refractivity contribution in [3.05, 3.63) is 28.2 Å². The number of hydrogen-bond donors (Lipinski definition) is 0. The zero-order valence-electron chi connectivity index (χ0n) is 10.6. The van der Waals surface area contributed by atoms with E-state index in [1.807, 2.05) is 18.2 Å². The van der Waals surface area contributed by atoms with Crippen molar-refractivity contribution in [2.24, 2.45) is 0 Å². The number of nitriles is 1. The SMILES string of the molecule is N#Cc1ccc(Br)cc1N1CCC2(CC1)OCCO2. The highest BCUT2D eigenvalue weighted by Crippen LogP contribution is 2.34. The quantitative estimate of drug-likeness (QED) is 0.797. The van der Waals surface area contributed by atoms with Gasteiger partial charge in [0.15, 0.2) is 5.79 Å². The normalized spacial score (nSPS) is 21.6. The summed E-state index contributed by atoms with van der Waals surface area (Å²) < 4.78 is 12.4. The molecule has 2 aliphatic heterocycles. The van der Waals surface area contributed by atoms with E-state index in [1.165, 1.54) is 0 Å². The monoisotopic (exact) mass is 322 g/mol. The summed E-state index contributed by atoms with van der Waals surface area (Å²) in [5, 5.41) is 9.20. The van der Waals surface area contributed by atoms with Gasteiger partial charge in [-0.05, 0) is 18.2 Å². The van der Waals surface area contributed by atoms with Crippen molar-refractivity contribution in [3.63, 3.8) is 0 Å². The number of rotatable bonds is 1. The Morgan fingerprint density at radius 2 is 1.89 bits per heavy atom. The van der Waals surface area contributed by atoms with Crippen LogP contribution in [0.3, 0.4) is 0 Å². The number of piperidine rings is 1. The number of halogens is 1.